The molecule has 0 unspecified atom stereocenters. The Balaban J connectivity index is 2.34. The number of nitrogens with zero attached hydrogens (tertiary/aromatic N) is 1. The van der Waals surface area contributed by atoms with Gasteiger partial charge in [0, 0.05) is 18.8 Å². The number of piperazine rings is 1. The minimum absolute atomic E-state index is 0.0346. The van der Waals surface area contributed by atoms with Crippen molar-refractivity contribution in [3.63, 3.8) is 0 Å². The molecule has 1 fully saturated rings. The molecule has 0 radical (unpaired) electrons. The van der Waals surface area contributed by atoms with Gasteiger partial charge in [0.05, 0.1) is 12.1 Å². The normalized spacial score (nSPS) is 16.9. The molecule has 1 N–H and O–H groups in total. The van der Waals surface area contributed by atoms with Gasteiger partial charge in [-0.2, -0.15) is 13.2 Å². The van der Waals surface area contributed by atoms with Gasteiger partial charge in [-0.15, -0.1) is 0 Å². The molecule has 1 aromatic rings. The van der Waals surface area contributed by atoms with Gasteiger partial charge in [0.25, 0.3) is 0 Å². The Kier molecular flexibility index (Phi) is 2.95. The molecule has 6 heteroatoms. The smallest absolute Gasteiger partial charge is 0.360 e. The molecule has 1 aromatic carbocycles. The highest BCUT2D eigenvalue weighted by atomic mass is 19.4. The Hall–Kier alpha value is -1.72. The third kappa shape index (κ3) is 2.51. The summed E-state index contributed by atoms with van der Waals surface area (Å²) in [6, 6.07) is 5.30. The van der Waals surface area contributed by atoms with Crippen molar-refractivity contribution in [3.8, 4) is 0 Å². The molecule has 92 valence electrons. The van der Waals surface area contributed by atoms with Crippen molar-refractivity contribution in [2.75, 3.05) is 24.5 Å². The quantitative estimate of drug-likeness (QED) is 0.814. The zero-order valence-electron chi connectivity index (χ0n) is 8.92. The van der Waals surface area contributed by atoms with Gasteiger partial charge >= 0.3 is 6.18 Å². The molecule has 0 bridgehead atoms. The third-order valence-corrected chi connectivity index (χ3v) is 2.59. The van der Waals surface area contributed by atoms with Crippen LogP contribution in [0.25, 0.3) is 0 Å². The summed E-state index contributed by atoms with van der Waals surface area (Å²) in [6.45, 7) is 0.719. The number of anilines is 1. The second kappa shape index (κ2) is 4.27. The van der Waals surface area contributed by atoms with Gasteiger partial charge in [-0.25, -0.2) is 0 Å². The van der Waals surface area contributed by atoms with Crippen LogP contribution in [0.3, 0.4) is 0 Å². The summed E-state index contributed by atoms with van der Waals surface area (Å²) in [4.78, 5) is 12.6. The lowest BCUT2D eigenvalue weighted by atomic mass is 10.1. The Morgan fingerprint density at radius 3 is 2.59 bits per heavy atom. The highest BCUT2D eigenvalue weighted by Crippen LogP contribution is 2.36. The van der Waals surface area contributed by atoms with Crippen LogP contribution in [-0.4, -0.2) is 25.5 Å². The van der Waals surface area contributed by atoms with Gasteiger partial charge in [0.2, 0.25) is 5.91 Å². The van der Waals surface area contributed by atoms with Crippen LogP contribution in [0.15, 0.2) is 24.3 Å². The summed E-state index contributed by atoms with van der Waals surface area (Å²) in [5.74, 6) is -0.256. The zero-order chi connectivity index (χ0) is 12.5. The number of para-hydroxylation sites is 1. The predicted molar refractivity (Wildman–Crippen MR) is 56.7 cm³/mol. The highest BCUT2D eigenvalue weighted by Gasteiger charge is 2.35. The van der Waals surface area contributed by atoms with Crippen molar-refractivity contribution < 1.29 is 18.0 Å². The summed E-state index contributed by atoms with van der Waals surface area (Å²) in [5.41, 5.74) is -0.635. The maximum absolute atomic E-state index is 12.8. The molecule has 0 aromatic heterocycles. The van der Waals surface area contributed by atoms with E-state index in [1.54, 1.807) is 0 Å². The number of carbonyl (C=O) groups excluding carboxylic acids is 1. The van der Waals surface area contributed by atoms with E-state index >= 15 is 0 Å². The van der Waals surface area contributed by atoms with Crippen molar-refractivity contribution in [1.29, 1.82) is 0 Å². The van der Waals surface area contributed by atoms with Crippen LogP contribution < -0.4 is 10.2 Å². The molecule has 3 nitrogen and oxygen atoms in total. The molecule has 0 spiro atoms. The largest absolute Gasteiger partial charge is 0.418 e. The van der Waals surface area contributed by atoms with Crippen LogP contribution >= 0.6 is 0 Å². The Morgan fingerprint density at radius 2 is 1.94 bits per heavy atom. The average molecular weight is 244 g/mol. The monoisotopic (exact) mass is 244 g/mol. The molecular weight excluding hydrogens is 233 g/mol. The van der Waals surface area contributed by atoms with Crippen LogP contribution in [0.2, 0.25) is 0 Å². The van der Waals surface area contributed by atoms with Crippen LogP contribution in [0.1, 0.15) is 5.56 Å². The molecule has 1 saturated heterocycles. The molecule has 17 heavy (non-hydrogen) atoms. The van der Waals surface area contributed by atoms with E-state index in [1.165, 1.54) is 23.1 Å². The van der Waals surface area contributed by atoms with Crippen molar-refractivity contribution in [3.05, 3.63) is 29.8 Å². The van der Waals surface area contributed by atoms with Crippen LogP contribution in [0, 0.1) is 0 Å². The number of hydrogen-bond donors (Lipinski definition) is 1. The number of carbonyl (C=O) groups is 1. The molecule has 1 aliphatic heterocycles. The first kappa shape index (κ1) is 11.8. The first-order valence-electron chi connectivity index (χ1n) is 5.16. The zero-order valence-corrected chi connectivity index (χ0v) is 8.92. The third-order valence-electron chi connectivity index (χ3n) is 2.59. The maximum Gasteiger partial charge on any atom is 0.418 e. The minimum Gasteiger partial charge on any atom is -0.360 e. The molecule has 2 rings (SSSR count). The number of alkyl halides is 3. The predicted octanol–water partition coefficient (Wildman–Crippen LogP) is 1.64. The van der Waals surface area contributed by atoms with Crippen molar-refractivity contribution in [2.24, 2.45) is 0 Å². The summed E-state index contributed by atoms with van der Waals surface area (Å²) < 4.78 is 38.3. The molecule has 0 saturated carbocycles. The van der Waals surface area contributed by atoms with Gasteiger partial charge in [-0.1, -0.05) is 12.1 Å². The lowest BCUT2D eigenvalue weighted by Gasteiger charge is -2.30. The van der Waals surface area contributed by atoms with E-state index in [1.807, 2.05) is 0 Å². The fraction of sp³-hybridized carbons (Fsp3) is 0.364. The van der Waals surface area contributed by atoms with E-state index < -0.39 is 11.7 Å². The first-order chi connectivity index (χ1) is 7.98. The molecule has 1 aliphatic rings. The van der Waals surface area contributed by atoms with Crippen molar-refractivity contribution in [2.45, 2.75) is 6.18 Å². The number of rotatable bonds is 1. The SMILES string of the molecule is O=C1CN(c2ccccc2C(F)(F)F)CCN1. The van der Waals surface area contributed by atoms with E-state index in [2.05, 4.69) is 5.32 Å². The van der Waals surface area contributed by atoms with Gasteiger partial charge in [0.1, 0.15) is 0 Å². The van der Waals surface area contributed by atoms with E-state index in [-0.39, 0.29) is 18.1 Å². The van der Waals surface area contributed by atoms with Gasteiger partial charge in [-0.05, 0) is 12.1 Å². The van der Waals surface area contributed by atoms with Crippen LogP contribution in [0.5, 0.6) is 0 Å². The van der Waals surface area contributed by atoms with Crippen LogP contribution in [0.4, 0.5) is 18.9 Å². The number of hydrogen-bond acceptors (Lipinski definition) is 2. The van der Waals surface area contributed by atoms with Gasteiger partial charge in [-0.3, -0.25) is 4.79 Å². The lowest BCUT2D eigenvalue weighted by Crippen LogP contribution is -2.48. The number of amides is 1. The standard InChI is InChI=1S/C11H11F3N2O/c12-11(13,14)8-3-1-2-4-9(8)16-6-5-15-10(17)7-16/h1-4H,5-7H2,(H,15,17). The topological polar surface area (TPSA) is 32.3 Å². The Labute approximate surface area is 96.2 Å². The van der Waals surface area contributed by atoms with Gasteiger partial charge < -0.3 is 10.2 Å². The second-order valence-corrected chi connectivity index (χ2v) is 3.79. The molecule has 0 aliphatic carbocycles. The maximum atomic E-state index is 12.8. The van der Waals surface area contributed by atoms with E-state index in [9.17, 15) is 18.0 Å². The second-order valence-electron chi connectivity index (χ2n) is 3.79. The highest BCUT2D eigenvalue weighted by molar-refractivity contribution is 5.83. The van der Waals surface area contributed by atoms with E-state index in [0.717, 1.165) is 6.07 Å². The Bertz CT molecular complexity index is 431. The van der Waals surface area contributed by atoms with Gasteiger partial charge in [0.15, 0.2) is 0 Å². The number of nitrogens with one attached hydrogen (secondary N) is 1. The molecular formula is C11H11F3N2O. The summed E-state index contributed by atoms with van der Waals surface area (Å²) in [6.07, 6.45) is -4.40. The molecule has 0 atom stereocenters. The number of halogens is 3. The average Bonchev–Trinajstić information content (AvgIpc) is 2.28. The summed E-state index contributed by atoms with van der Waals surface area (Å²) in [7, 11) is 0. The Morgan fingerprint density at radius 1 is 1.24 bits per heavy atom. The lowest BCUT2D eigenvalue weighted by molar-refractivity contribution is -0.137. The minimum atomic E-state index is -4.40. The van der Waals surface area contributed by atoms with Crippen molar-refractivity contribution in [1.82, 2.24) is 5.32 Å². The molecule has 1 amide bonds. The summed E-state index contributed by atoms with van der Waals surface area (Å²) >= 11 is 0. The number of benzene rings is 1. The summed E-state index contributed by atoms with van der Waals surface area (Å²) in [5, 5.41) is 2.58. The fourth-order valence-electron chi connectivity index (χ4n) is 1.83. The first-order valence-corrected chi connectivity index (χ1v) is 5.16. The van der Waals surface area contributed by atoms with E-state index in [4.69, 9.17) is 0 Å². The fourth-order valence-corrected chi connectivity index (χ4v) is 1.83. The van der Waals surface area contributed by atoms with Crippen molar-refractivity contribution >= 4 is 11.6 Å². The molecule has 1 heterocycles. The van der Waals surface area contributed by atoms with Crippen LogP contribution in [-0.2, 0) is 11.0 Å². The van der Waals surface area contributed by atoms with E-state index in [0.29, 0.717) is 13.1 Å².